The Hall–Kier alpha value is -2.62. The summed E-state index contributed by atoms with van der Waals surface area (Å²) in [5.74, 6) is 0.0799. The topological polar surface area (TPSA) is 49.4 Å². The highest BCUT2D eigenvalue weighted by Gasteiger charge is 2.39. The molecule has 2 aliphatic heterocycles. The van der Waals surface area contributed by atoms with Crippen molar-refractivity contribution >= 4 is 22.9 Å². The maximum absolute atomic E-state index is 12.5. The monoisotopic (exact) mass is 264 g/mol. The number of ketones is 2. The molecule has 1 unspecified atom stereocenters. The van der Waals surface area contributed by atoms with Gasteiger partial charge in [-0.1, -0.05) is 24.3 Å². The number of Topliss-reactive ketones (excluding diaryl/α,β-unsaturated/α-hetero) is 2. The molecular weight excluding hydrogens is 252 g/mol. The number of nitrogens with one attached hydrogen (secondary N) is 1. The van der Waals surface area contributed by atoms with Gasteiger partial charge in [0.05, 0.1) is 12.2 Å². The summed E-state index contributed by atoms with van der Waals surface area (Å²) in [7, 11) is 0. The lowest BCUT2D eigenvalue weighted by atomic mass is 10.1. The first kappa shape index (κ1) is 11.2. The third-order valence-electron chi connectivity index (χ3n) is 3.87. The van der Waals surface area contributed by atoms with E-state index in [2.05, 4.69) is 5.32 Å². The molecule has 0 spiro atoms. The first-order valence-corrected chi connectivity index (χ1v) is 6.54. The van der Waals surface area contributed by atoms with E-state index in [4.69, 9.17) is 0 Å². The lowest BCUT2D eigenvalue weighted by molar-refractivity contribution is 0.0973. The van der Waals surface area contributed by atoms with E-state index in [1.165, 1.54) is 0 Å². The van der Waals surface area contributed by atoms with E-state index in [1.807, 2.05) is 53.4 Å². The summed E-state index contributed by atoms with van der Waals surface area (Å²) in [6, 6.07) is 14.9. The third kappa shape index (κ3) is 1.42. The predicted molar refractivity (Wildman–Crippen MR) is 76.3 cm³/mol. The number of carbonyl (C=O) groups is 2. The van der Waals surface area contributed by atoms with Gasteiger partial charge in [0.15, 0.2) is 11.9 Å². The highest BCUT2D eigenvalue weighted by molar-refractivity contribution is 6.15. The maximum Gasteiger partial charge on any atom is 0.207 e. The first-order chi connectivity index (χ1) is 9.75. The van der Waals surface area contributed by atoms with Crippen LogP contribution in [0.3, 0.4) is 0 Å². The summed E-state index contributed by atoms with van der Waals surface area (Å²) in [6.07, 6.45) is -0.486. The summed E-state index contributed by atoms with van der Waals surface area (Å²) in [5.41, 5.74) is 3.04. The van der Waals surface area contributed by atoms with Crippen molar-refractivity contribution in [1.29, 1.82) is 0 Å². The van der Waals surface area contributed by atoms with Crippen LogP contribution in [0.15, 0.2) is 48.5 Å². The van der Waals surface area contributed by atoms with Gasteiger partial charge in [-0.05, 0) is 24.3 Å². The molecule has 2 aliphatic rings. The van der Waals surface area contributed by atoms with Crippen molar-refractivity contribution in [2.75, 3.05) is 16.8 Å². The normalized spacial score (nSPS) is 19.8. The van der Waals surface area contributed by atoms with Gasteiger partial charge in [-0.25, -0.2) is 0 Å². The Labute approximate surface area is 116 Å². The molecule has 2 aromatic carbocycles. The number of carbonyl (C=O) groups excluding carboxylic acids is 2. The lowest BCUT2D eigenvalue weighted by Crippen LogP contribution is -2.43. The number of para-hydroxylation sites is 2. The highest BCUT2D eigenvalue weighted by Crippen LogP contribution is 2.34. The van der Waals surface area contributed by atoms with Crippen LogP contribution in [0.1, 0.15) is 20.7 Å². The largest absolute Gasteiger partial charge is 0.358 e. The molecule has 0 aliphatic carbocycles. The average Bonchev–Trinajstić information content (AvgIpc) is 2.99. The molecule has 4 heteroatoms. The number of fused-ring (bicyclic) bond motifs is 2. The van der Waals surface area contributed by atoms with Crippen LogP contribution in [0, 0.1) is 0 Å². The van der Waals surface area contributed by atoms with Crippen molar-refractivity contribution in [2.24, 2.45) is 0 Å². The van der Waals surface area contributed by atoms with Crippen molar-refractivity contribution < 1.29 is 9.59 Å². The molecule has 2 heterocycles. The fourth-order valence-corrected chi connectivity index (χ4v) is 2.92. The van der Waals surface area contributed by atoms with Gasteiger partial charge in [-0.2, -0.15) is 0 Å². The molecule has 0 fully saturated rings. The Morgan fingerprint density at radius 2 is 1.65 bits per heavy atom. The van der Waals surface area contributed by atoms with Crippen LogP contribution in [0.4, 0.5) is 11.4 Å². The van der Waals surface area contributed by atoms with Crippen molar-refractivity contribution in [3.8, 4) is 0 Å². The number of anilines is 2. The molecule has 2 aromatic rings. The van der Waals surface area contributed by atoms with E-state index in [1.54, 1.807) is 0 Å². The summed E-state index contributed by atoms with van der Waals surface area (Å²) in [6.45, 7) is 0.247. The molecule has 1 N–H and O–H groups in total. The van der Waals surface area contributed by atoms with E-state index in [0.29, 0.717) is 11.1 Å². The molecule has 4 rings (SSSR count). The Kier molecular flexibility index (Phi) is 2.21. The van der Waals surface area contributed by atoms with Gasteiger partial charge < -0.3 is 10.2 Å². The molecular formula is C16H12N2O2. The van der Waals surface area contributed by atoms with E-state index < -0.39 is 6.17 Å². The lowest BCUT2D eigenvalue weighted by Gasteiger charge is -2.25. The van der Waals surface area contributed by atoms with Crippen LogP contribution in [-0.4, -0.2) is 24.3 Å². The van der Waals surface area contributed by atoms with Crippen molar-refractivity contribution in [3.05, 3.63) is 59.7 Å². The number of hydrogen-bond acceptors (Lipinski definition) is 4. The van der Waals surface area contributed by atoms with Gasteiger partial charge >= 0.3 is 0 Å². The summed E-state index contributed by atoms with van der Waals surface area (Å²) < 4.78 is 0. The molecule has 0 bridgehead atoms. The molecule has 0 saturated heterocycles. The molecule has 1 atom stereocenters. The van der Waals surface area contributed by atoms with Crippen LogP contribution >= 0.6 is 0 Å². The summed E-state index contributed by atoms with van der Waals surface area (Å²) in [5, 5.41) is 3.21. The molecule has 0 saturated carbocycles. The number of rotatable bonds is 1. The molecule has 0 amide bonds. The fourth-order valence-electron chi connectivity index (χ4n) is 2.92. The highest BCUT2D eigenvalue weighted by atomic mass is 16.1. The van der Waals surface area contributed by atoms with Gasteiger partial charge in [0.2, 0.25) is 5.78 Å². The SMILES string of the molecule is O=C1CN(C2Nc3ccccc3C2=O)c2ccccc21. The zero-order valence-electron chi connectivity index (χ0n) is 10.7. The second-order valence-electron chi connectivity index (χ2n) is 5.02. The van der Waals surface area contributed by atoms with Crippen molar-refractivity contribution in [3.63, 3.8) is 0 Å². The van der Waals surface area contributed by atoms with Gasteiger partial charge in [-0.15, -0.1) is 0 Å². The van der Waals surface area contributed by atoms with Crippen molar-refractivity contribution in [2.45, 2.75) is 6.17 Å². The Morgan fingerprint density at radius 3 is 2.45 bits per heavy atom. The van der Waals surface area contributed by atoms with Crippen molar-refractivity contribution in [1.82, 2.24) is 0 Å². The van der Waals surface area contributed by atoms with Crippen LogP contribution < -0.4 is 10.2 Å². The van der Waals surface area contributed by atoms with Crippen LogP contribution in [0.5, 0.6) is 0 Å². The van der Waals surface area contributed by atoms with Gasteiger partial charge in [0.1, 0.15) is 0 Å². The average molecular weight is 264 g/mol. The Morgan fingerprint density at radius 1 is 0.950 bits per heavy atom. The molecule has 0 aromatic heterocycles. The molecule has 98 valence electrons. The number of nitrogens with zero attached hydrogens (tertiary/aromatic N) is 1. The number of benzene rings is 2. The van der Waals surface area contributed by atoms with E-state index in [-0.39, 0.29) is 18.1 Å². The minimum atomic E-state index is -0.486. The van der Waals surface area contributed by atoms with E-state index in [0.717, 1.165) is 11.4 Å². The Bertz CT molecular complexity index is 739. The van der Waals surface area contributed by atoms with Crippen LogP contribution in [0.25, 0.3) is 0 Å². The van der Waals surface area contributed by atoms with E-state index >= 15 is 0 Å². The maximum atomic E-state index is 12.5. The second-order valence-corrected chi connectivity index (χ2v) is 5.02. The zero-order valence-corrected chi connectivity index (χ0v) is 10.7. The standard InChI is InChI=1S/C16H12N2O2/c19-14-9-18(13-8-4-2-6-11(13)14)16-15(20)10-5-1-3-7-12(10)17-16/h1-8,16-17H,9H2. The molecule has 4 nitrogen and oxygen atoms in total. The van der Waals surface area contributed by atoms with Gasteiger partial charge in [0.25, 0.3) is 0 Å². The minimum Gasteiger partial charge on any atom is -0.358 e. The minimum absolute atomic E-state index is 0.0186. The van der Waals surface area contributed by atoms with Gasteiger partial charge in [0, 0.05) is 16.8 Å². The number of hydrogen-bond donors (Lipinski definition) is 1. The van der Waals surface area contributed by atoms with E-state index in [9.17, 15) is 9.59 Å². The summed E-state index contributed by atoms with van der Waals surface area (Å²) >= 11 is 0. The van der Waals surface area contributed by atoms with Gasteiger partial charge in [-0.3, -0.25) is 9.59 Å². The molecule has 0 radical (unpaired) electrons. The summed E-state index contributed by atoms with van der Waals surface area (Å²) in [4.78, 5) is 26.4. The predicted octanol–water partition coefficient (Wildman–Crippen LogP) is 2.32. The molecule has 20 heavy (non-hydrogen) atoms. The zero-order chi connectivity index (χ0) is 13.7. The van der Waals surface area contributed by atoms with Crippen LogP contribution in [-0.2, 0) is 0 Å². The Balaban J connectivity index is 1.75. The van der Waals surface area contributed by atoms with Crippen LogP contribution in [0.2, 0.25) is 0 Å². The third-order valence-corrected chi connectivity index (χ3v) is 3.87. The second kappa shape index (κ2) is 3.93. The fraction of sp³-hybridized carbons (Fsp3) is 0.125. The first-order valence-electron chi connectivity index (χ1n) is 6.54. The smallest absolute Gasteiger partial charge is 0.207 e. The quantitative estimate of drug-likeness (QED) is 0.858.